The minimum atomic E-state index is -0.191. The van der Waals surface area contributed by atoms with Crippen molar-refractivity contribution < 1.29 is 14.2 Å². The van der Waals surface area contributed by atoms with Gasteiger partial charge >= 0.3 is 0 Å². The van der Waals surface area contributed by atoms with E-state index in [4.69, 9.17) is 14.2 Å². The molecule has 0 amide bonds. The van der Waals surface area contributed by atoms with Gasteiger partial charge in [-0.3, -0.25) is 0 Å². The van der Waals surface area contributed by atoms with Crippen molar-refractivity contribution in [3.8, 4) is 0 Å². The fourth-order valence-electron chi connectivity index (χ4n) is 2.03. The zero-order valence-electron chi connectivity index (χ0n) is 13.3. The molecule has 0 aliphatic carbocycles. The van der Waals surface area contributed by atoms with E-state index in [1.807, 2.05) is 13.8 Å². The monoisotopic (exact) mass is 274 g/mol. The van der Waals surface area contributed by atoms with Crippen molar-refractivity contribution in [1.82, 2.24) is 0 Å². The van der Waals surface area contributed by atoms with E-state index in [-0.39, 0.29) is 6.29 Å². The molecule has 0 fully saturated rings. The van der Waals surface area contributed by atoms with Gasteiger partial charge in [0, 0.05) is 19.8 Å². The van der Waals surface area contributed by atoms with Crippen LogP contribution in [-0.2, 0) is 14.2 Å². The van der Waals surface area contributed by atoms with Gasteiger partial charge in [-0.25, -0.2) is 0 Å². The van der Waals surface area contributed by atoms with Crippen molar-refractivity contribution in [2.45, 2.75) is 78.4 Å². The predicted molar refractivity (Wildman–Crippen MR) is 80.5 cm³/mol. The molecule has 0 atom stereocenters. The maximum Gasteiger partial charge on any atom is 0.180 e. The molecule has 0 unspecified atom stereocenters. The quantitative estimate of drug-likeness (QED) is 0.324. The summed E-state index contributed by atoms with van der Waals surface area (Å²) in [6.45, 7) is 8.94. The topological polar surface area (TPSA) is 27.7 Å². The van der Waals surface area contributed by atoms with Crippen LogP contribution in [0.1, 0.15) is 72.1 Å². The second-order valence-electron chi connectivity index (χ2n) is 4.89. The molecule has 116 valence electrons. The molecule has 0 N–H and O–H groups in total. The summed E-state index contributed by atoms with van der Waals surface area (Å²) in [4.78, 5) is 0. The van der Waals surface area contributed by atoms with Gasteiger partial charge < -0.3 is 14.2 Å². The summed E-state index contributed by atoms with van der Waals surface area (Å²) in [6, 6.07) is 0. The Hall–Kier alpha value is -0.120. The third-order valence-corrected chi connectivity index (χ3v) is 3.10. The van der Waals surface area contributed by atoms with Gasteiger partial charge in [-0.1, -0.05) is 51.9 Å². The highest BCUT2D eigenvalue weighted by Gasteiger charge is 2.07. The average Bonchev–Trinajstić information content (AvgIpc) is 2.41. The molecule has 0 aromatic heterocycles. The molecular formula is C16H34O3. The van der Waals surface area contributed by atoms with E-state index in [1.165, 1.54) is 44.9 Å². The molecule has 0 aliphatic heterocycles. The van der Waals surface area contributed by atoms with Crippen LogP contribution in [0.25, 0.3) is 0 Å². The molecule has 0 aliphatic rings. The Balaban J connectivity index is 3.20. The van der Waals surface area contributed by atoms with Gasteiger partial charge in [-0.15, -0.1) is 0 Å². The Kier molecular flexibility index (Phi) is 15.8. The first-order chi connectivity index (χ1) is 9.35. The summed E-state index contributed by atoms with van der Waals surface area (Å²) in [7, 11) is 0. The SMILES string of the molecule is CCCCCCCCCCOCC(OCC)OCC. The number of hydrogen-bond acceptors (Lipinski definition) is 3. The molecule has 0 spiro atoms. The third-order valence-electron chi connectivity index (χ3n) is 3.10. The van der Waals surface area contributed by atoms with Crippen molar-refractivity contribution in [2.75, 3.05) is 26.4 Å². The van der Waals surface area contributed by atoms with E-state index < -0.39 is 0 Å². The minimum Gasteiger partial charge on any atom is -0.376 e. The highest BCUT2D eigenvalue weighted by atomic mass is 16.7. The molecule has 0 saturated carbocycles. The molecule has 0 aromatic rings. The van der Waals surface area contributed by atoms with Crippen LogP contribution in [0.3, 0.4) is 0 Å². The van der Waals surface area contributed by atoms with E-state index in [2.05, 4.69) is 6.92 Å². The normalized spacial score (nSPS) is 11.4. The van der Waals surface area contributed by atoms with Gasteiger partial charge in [-0.2, -0.15) is 0 Å². The Morgan fingerprint density at radius 1 is 0.684 bits per heavy atom. The average molecular weight is 274 g/mol. The first-order valence-corrected chi connectivity index (χ1v) is 8.16. The number of rotatable bonds is 15. The summed E-state index contributed by atoms with van der Waals surface area (Å²) >= 11 is 0. The lowest BCUT2D eigenvalue weighted by atomic mass is 10.1. The van der Waals surface area contributed by atoms with E-state index in [1.54, 1.807) is 0 Å². The fourth-order valence-corrected chi connectivity index (χ4v) is 2.03. The molecular weight excluding hydrogens is 240 g/mol. The Morgan fingerprint density at radius 3 is 1.74 bits per heavy atom. The number of hydrogen-bond donors (Lipinski definition) is 0. The van der Waals surface area contributed by atoms with Crippen LogP contribution in [0.4, 0.5) is 0 Å². The van der Waals surface area contributed by atoms with Gasteiger partial charge in [0.15, 0.2) is 6.29 Å². The minimum absolute atomic E-state index is 0.191. The van der Waals surface area contributed by atoms with E-state index in [0.29, 0.717) is 19.8 Å². The van der Waals surface area contributed by atoms with Gasteiger partial charge in [-0.05, 0) is 20.3 Å². The van der Waals surface area contributed by atoms with Crippen molar-refractivity contribution in [2.24, 2.45) is 0 Å². The molecule has 19 heavy (non-hydrogen) atoms. The second kappa shape index (κ2) is 15.9. The smallest absolute Gasteiger partial charge is 0.180 e. The summed E-state index contributed by atoms with van der Waals surface area (Å²) < 4.78 is 16.4. The maximum atomic E-state index is 5.60. The first kappa shape index (κ1) is 18.9. The fraction of sp³-hybridized carbons (Fsp3) is 1.00. The van der Waals surface area contributed by atoms with Crippen molar-refractivity contribution in [1.29, 1.82) is 0 Å². The van der Waals surface area contributed by atoms with E-state index in [0.717, 1.165) is 13.0 Å². The predicted octanol–water partition coefficient (Wildman–Crippen LogP) is 4.54. The van der Waals surface area contributed by atoms with Gasteiger partial charge in [0.05, 0.1) is 6.61 Å². The van der Waals surface area contributed by atoms with Crippen molar-refractivity contribution in [3.63, 3.8) is 0 Å². The van der Waals surface area contributed by atoms with E-state index >= 15 is 0 Å². The zero-order valence-corrected chi connectivity index (χ0v) is 13.3. The van der Waals surface area contributed by atoms with E-state index in [9.17, 15) is 0 Å². The van der Waals surface area contributed by atoms with Gasteiger partial charge in [0.25, 0.3) is 0 Å². The van der Waals surface area contributed by atoms with Crippen molar-refractivity contribution >= 4 is 0 Å². The molecule has 0 heterocycles. The summed E-state index contributed by atoms with van der Waals surface area (Å²) in [5.74, 6) is 0. The summed E-state index contributed by atoms with van der Waals surface area (Å²) in [5, 5.41) is 0. The van der Waals surface area contributed by atoms with Crippen molar-refractivity contribution in [3.05, 3.63) is 0 Å². The van der Waals surface area contributed by atoms with Crippen LogP contribution in [-0.4, -0.2) is 32.7 Å². The van der Waals surface area contributed by atoms with Crippen LogP contribution in [0, 0.1) is 0 Å². The van der Waals surface area contributed by atoms with Gasteiger partial charge in [0.1, 0.15) is 0 Å². The lowest BCUT2D eigenvalue weighted by Gasteiger charge is -2.16. The second-order valence-corrected chi connectivity index (χ2v) is 4.89. The highest BCUT2D eigenvalue weighted by molar-refractivity contribution is 4.47. The molecule has 0 radical (unpaired) electrons. The van der Waals surface area contributed by atoms with Crippen LogP contribution >= 0.6 is 0 Å². The number of ether oxygens (including phenoxy) is 3. The number of unbranched alkanes of at least 4 members (excludes halogenated alkanes) is 7. The standard InChI is InChI=1S/C16H34O3/c1-4-7-8-9-10-11-12-13-14-17-15-16(18-5-2)19-6-3/h16H,4-15H2,1-3H3. The molecule has 0 rings (SSSR count). The third kappa shape index (κ3) is 14.1. The van der Waals surface area contributed by atoms with Crippen LogP contribution in [0.2, 0.25) is 0 Å². The van der Waals surface area contributed by atoms with Crippen LogP contribution in [0.15, 0.2) is 0 Å². The van der Waals surface area contributed by atoms with Crippen LogP contribution < -0.4 is 0 Å². The Morgan fingerprint density at radius 2 is 1.21 bits per heavy atom. The molecule has 0 bridgehead atoms. The maximum absolute atomic E-state index is 5.60. The molecule has 3 heteroatoms. The molecule has 3 nitrogen and oxygen atoms in total. The Bertz CT molecular complexity index is 156. The lowest BCUT2D eigenvalue weighted by Crippen LogP contribution is -2.23. The first-order valence-electron chi connectivity index (χ1n) is 8.16. The Labute approximate surface area is 120 Å². The van der Waals surface area contributed by atoms with Crippen LogP contribution in [0.5, 0.6) is 0 Å². The molecule has 0 aromatic carbocycles. The zero-order chi connectivity index (χ0) is 14.2. The molecule has 0 saturated heterocycles. The summed E-state index contributed by atoms with van der Waals surface area (Å²) in [6.07, 6.45) is 10.5. The largest absolute Gasteiger partial charge is 0.376 e. The lowest BCUT2D eigenvalue weighted by molar-refractivity contribution is -0.167. The van der Waals surface area contributed by atoms with Gasteiger partial charge in [0.2, 0.25) is 0 Å². The summed E-state index contributed by atoms with van der Waals surface area (Å²) in [5.41, 5.74) is 0. The highest BCUT2D eigenvalue weighted by Crippen LogP contribution is 2.08.